The predicted octanol–water partition coefficient (Wildman–Crippen LogP) is 2.11. The number of carbonyl (C=O) groups excluding carboxylic acids is 2. The summed E-state index contributed by atoms with van der Waals surface area (Å²) in [6.45, 7) is 0. The Morgan fingerprint density at radius 1 is 1.21 bits per heavy atom. The maximum atomic E-state index is 11.2. The van der Waals surface area contributed by atoms with Gasteiger partial charge in [-0.25, -0.2) is 0 Å². The first-order chi connectivity index (χ1) is 6.75. The zero-order chi connectivity index (χ0) is 9.97. The van der Waals surface area contributed by atoms with Crippen LogP contribution in [0.5, 0.6) is 0 Å². The fraction of sp³-hybridized carbons (Fsp3) is 0.455. The molecule has 14 heavy (non-hydrogen) atoms. The molecule has 74 valence electrons. The zero-order valence-corrected chi connectivity index (χ0v) is 8.63. The van der Waals surface area contributed by atoms with E-state index in [2.05, 4.69) is 0 Å². The van der Waals surface area contributed by atoms with E-state index in [0.29, 0.717) is 24.0 Å². The number of allylic oxidation sites excluding steroid dienone is 3. The average molecular weight is 208 g/mol. The van der Waals surface area contributed by atoms with Gasteiger partial charge in [-0.1, -0.05) is 6.08 Å². The monoisotopic (exact) mass is 208 g/mol. The van der Waals surface area contributed by atoms with E-state index in [4.69, 9.17) is 0 Å². The molecule has 0 unspecified atom stereocenters. The third kappa shape index (κ3) is 2.15. The summed E-state index contributed by atoms with van der Waals surface area (Å²) in [4.78, 5) is 22.2. The lowest BCUT2D eigenvalue weighted by molar-refractivity contribution is -0.115. The Balaban J connectivity index is 2.02. The molecule has 0 aromatic rings. The van der Waals surface area contributed by atoms with Crippen LogP contribution in [0.2, 0.25) is 0 Å². The second kappa shape index (κ2) is 4.13. The van der Waals surface area contributed by atoms with Gasteiger partial charge in [0.05, 0.1) is 0 Å². The van der Waals surface area contributed by atoms with Crippen LogP contribution in [0, 0.1) is 5.92 Å². The molecule has 0 N–H and O–H groups in total. The molecule has 1 aliphatic carbocycles. The Hall–Kier alpha value is -0.830. The molecular formula is C11H12O2S. The van der Waals surface area contributed by atoms with Gasteiger partial charge in [-0.05, 0) is 29.9 Å². The summed E-state index contributed by atoms with van der Waals surface area (Å²) in [5.74, 6) is 0.814. The van der Waals surface area contributed by atoms with Crippen molar-refractivity contribution in [2.75, 3.05) is 0 Å². The fourth-order valence-corrected chi connectivity index (χ4v) is 2.93. The molecule has 0 saturated carbocycles. The van der Waals surface area contributed by atoms with Crippen LogP contribution >= 0.6 is 11.8 Å². The highest BCUT2D eigenvalue weighted by Crippen LogP contribution is 2.33. The lowest BCUT2D eigenvalue weighted by atomic mass is 9.90. The number of rotatable bonds is 1. The van der Waals surface area contributed by atoms with E-state index in [-0.39, 0.29) is 11.6 Å². The second-order valence-electron chi connectivity index (χ2n) is 3.68. The summed E-state index contributed by atoms with van der Waals surface area (Å²) in [7, 11) is 0. The molecule has 1 heterocycles. The molecule has 0 aromatic carbocycles. The lowest BCUT2D eigenvalue weighted by Gasteiger charge is -2.25. The van der Waals surface area contributed by atoms with Crippen molar-refractivity contribution in [2.24, 2.45) is 5.92 Å². The van der Waals surface area contributed by atoms with Gasteiger partial charge >= 0.3 is 0 Å². The number of hydrogen-bond acceptors (Lipinski definition) is 3. The Bertz CT molecular complexity index is 317. The quantitative estimate of drug-likeness (QED) is 0.662. The van der Waals surface area contributed by atoms with Crippen molar-refractivity contribution in [3.63, 3.8) is 0 Å². The zero-order valence-electron chi connectivity index (χ0n) is 7.81. The van der Waals surface area contributed by atoms with Gasteiger partial charge in [-0.3, -0.25) is 9.59 Å². The van der Waals surface area contributed by atoms with E-state index in [0.717, 1.165) is 6.42 Å². The molecule has 0 fully saturated rings. The van der Waals surface area contributed by atoms with Gasteiger partial charge in [-0.15, -0.1) is 11.8 Å². The number of thioether (sulfide) groups is 1. The highest BCUT2D eigenvalue weighted by Gasteiger charge is 2.25. The van der Waals surface area contributed by atoms with E-state index in [9.17, 15) is 9.59 Å². The van der Waals surface area contributed by atoms with Gasteiger partial charge in [0.15, 0.2) is 11.6 Å². The summed E-state index contributed by atoms with van der Waals surface area (Å²) >= 11 is 1.71. The third-order valence-electron chi connectivity index (χ3n) is 2.64. The molecule has 0 radical (unpaired) electrons. The smallest absolute Gasteiger partial charge is 0.157 e. The average Bonchev–Trinajstić information content (AvgIpc) is 2.19. The van der Waals surface area contributed by atoms with Crippen LogP contribution in [0.1, 0.15) is 19.3 Å². The molecule has 2 atom stereocenters. The largest absolute Gasteiger partial charge is 0.295 e. The lowest BCUT2D eigenvalue weighted by Crippen LogP contribution is -2.23. The van der Waals surface area contributed by atoms with Crippen LogP contribution in [-0.4, -0.2) is 16.8 Å². The van der Waals surface area contributed by atoms with Crippen molar-refractivity contribution >= 4 is 23.3 Å². The van der Waals surface area contributed by atoms with E-state index in [1.165, 1.54) is 0 Å². The van der Waals surface area contributed by atoms with E-state index >= 15 is 0 Å². The predicted molar refractivity (Wildman–Crippen MR) is 57.0 cm³/mol. The van der Waals surface area contributed by atoms with Gasteiger partial charge in [0, 0.05) is 18.1 Å². The van der Waals surface area contributed by atoms with Crippen LogP contribution in [0.15, 0.2) is 23.6 Å². The maximum Gasteiger partial charge on any atom is 0.157 e. The summed E-state index contributed by atoms with van der Waals surface area (Å²) in [5, 5.41) is 2.22. The first-order valence-corrected chi connectivity index (χ1v) is 5.76. The minimum absolute atomic E-state index is 0.207. The van der Waals surface area contributed by atoms with Crippen LogP contribution in [0.4, 0.5) is 0 Å². The van der Waals surface area contributed by atoms with Gasteiger partial charge in [0.25, 0.3) is 0 Å². The van der Waals surface area contributed by atoms with Gasteiger partial charge in [-0.2, -0.15) is 0 Å². The molecule has 2 rings (SSSR count). The maximum absolute atomic E-state index is 11.2. The Labute approximate surface area is 87.4 Å². The van der Waals surface area contributed by atoms with Crippen LogP contribution in [-0.2, 0) is 9.59 Å². The first-order valence-electron chi connectivity index (χ1n) is 4.81. The summed E-state index contributed by atoms with van der Waals surface area (Å²) < 4.78 is 0. The summed E-state index contributed by atoms with van der Waals surface area (Å²) in [5.41, 5.74) is 0. The van der Waals surface area contributed by atoms with Crippen molar-refractivity contribution in [1.29, 1.82) is 0 Å². The van der Waals surface area contributed by atoms with Gasteiger partial charge in [0.2, 0.25) is 0 Å². The van der Waals surface area contributed by atoms with E-state index < -0.39 is 0 Å². The molecule has 0 bridgehead atoms. The molecule has 0 spiro atoms. The van der Waals surface area contributed by atoms with Crippen LogP contribution in [0.25, 0.3) is 0 Å². The van der Waals surface area contributed by atoms with Crippen LogP contribution in [0.3, 0.4) is 0 Å². The number of carbonyl (C=O) groups is 2. The van der Waals surface area contributed by atoms with Crippen molar-refractivity contribution < 1.29 is 9.59 Å². The first kappa shape index (κ1) is 9.71. The Morgan fingerprint density at radius 2 is 2.07 bits per heavy atom. The molecule has 0 saturated heterocycles. The number of ketones is 2. The van der Waals surface area contributed by atoms with E-state index in [1.54, 1.807) is 23.9 Å². The van der Waals surface area contributed by atoms with Crippen LogP contribution < -0.4 is 0 Å². The molecular weight excluding hydrogens is 196 g/mol. The van der Waals surface area contributed by atoms with Crippen molar-refractivity contribution in [1.82, 2.24) is 0 Å². The fourth-order valence-electron chi connectivity index (χ4n) is 1.81. The molecule has 0 aromatic heterocycles. The molecule has 3 heteroatoms. The van der Waals surface area contributed by atoms with Gasteiger partial charge in [0.1, 0.15) is 0 Å². The molecule has 2 aliphatic rings. The standard InChI is InChI=1S/C11H12O2S/c12-9-3-1-8(2-4-9)11-7-10(13)5-6-14-11/h1,3,5-6,8,11H,2,4,7H2/t8-,11+/m0/s1. The van der Waals surface area contributed by atoms with Crippen molar-refractivity contribution in [3.05, 3.63) is 23.6 Å². The topological polar surface area (TPSA) is 34.1 Å². The summed E-state index contributed by atoms with van der Waals surface area (Å²) in [6.07, 6.45) is 7.42. The second-order valence-corrected chi connectivity index (χ2v) is 4.83. The van der Waals surface area contributed by atoms with E-state index in [1.807, 2.05) is 11.5 Å². The normalized spacial score (nSPS) is 32.3. The number of hydrogen-bond donors (Lipinski definition) is 0. The molecule has 2 nitrogen and oxygen atoms in total. The van der Waals surface area contributed by atoms with Crippen molar-refractivity contribution in [2.45, 2.75) is 24.5 Å². The Kier molecular flexibility index (Phi) is 2.87. The highest BCUT2D eigenvalue weighted by molar-refractivity contribution is 8.02. The third-order valence-corrected chi connectivity index (χ3v) is 3.80. The Morgan fingerprint density at radius 3 is 2.71 bits per heavy atom. The highest BCUT2D eigenvalue weighted by atomic mass is 32.2. The molecule has 1 aliphatic heterocycles. The minimum Gasteiger partial charge on any atom is -0.295 e. The summed E-state index contributed by atoms with van der Waals surface area (Å²) in [6, 6.07) is 0. The van der Waals surface area contributed by atoms with Crippen molar-refractivity contribution in [3.8, 4) is 0 Å². The SMILES string of the molecule is O=C1C=C[C@H]([C@H]2CC(=O)C=CS2)CC1. The van der Waals surface area contributed by atoms with Gasteiger partial charge < -0.3 is 0 Å². The minimum atomic E-state index is 0.207. The molecule has 0 amide bonds.